The largest absolute Gasteiger partial charge is 0.398 e. The summed E-state index contributed by atoms with van der Waals surface area (Å²) in [6, 6.07) is 7.08. The third kappa shape index (κ3) is 2.48. The summed E-state index contributed by atoms with van der Waals surface area (Å²) in [7, 11) is 0. The van der Waals surface area contributed by atoms with Crippen LogP contribution in [-0.4, -0.2) is 0 Å². The molecule has 0 aliphatic heterocycles. The lowest BCUT2D eigenvalue weighted by Gasteiger charge is -2.03. The van der Waals surface area contributed by atoms with Crippen LogP contribution in [0.25, 0.3) is 5.70 Å². The van der Waals surface area contributed by atoms with Crippen LogP contribution in [0, 0.1) is 11.3 Å². The molecule has 13 heavy (non-hydrogen) atoms. The van der Waals surface area contributed by atoms with Crippen LogP contribution >= 0.6 is 27.5 Å². The summed E-state index contributed by atoms with van der Waals surface area (Å²) >= 11 is 9.05. The van der Waals surface area contributed by atoms with Crippen LogP contribution < -0.4 is 5.73 Å². The van der Waals surface area contributed by atoms with Gasteiger partial charge in [0.1, 0.15) is 0 Å². The minimum atomic E-state index is 0.422. The molecule has 0 fully saturated rings. The smallest absolute Gasteiger partial charge is 0.0933 e. The Morgan fingerprint density at radius 2 is 2.31 bits per heavy atom. The molecule has 0 spiro atoms. The fraction of sp³-hybridized carbons (Fsp3) is 0. The summed E-state index contributed by atoms with van der Waals surface area (Å²) in [6.07, 6.45) is 1.29. The number of nitriles is 1. The zero-order valence-corrected chi connectivity index (χ0v) is 8.93. The standard InChI is InChI=1S/C9H6BrClN2/c10-8-5-6(11)1-2-7(8)9(13)3-4-12/h1-3,5H,13H2/b9-3+. The molecular weight excluding hydrogens is 251 g/mol. The fourth-order valence-corrected chi connectivity index (χ4v) is 1.78. The lowest BCUT2D eigenvalue weighted by atomic mass is 10.1. The number of nitrogens with zero attached hydrogens (tertiary/aromatic N) is 1. The Morgan fingerprint density at radius 3 is 2.85 bits per heavy atom. The molecule has 66 valence electrons. The van der Waals surface area contributed by atoms with Gasteiger partial charge in [0.05, 0.1) is 11.8 Å². The quantitative estimate of drug-likeness (QED) is 0.787. The molecule has 0 aliphatic carbocycles. The van der Waals surface area contributed by atoms with Crippen LogP contribution in [0.4, 0.5) is 0 Å². The molecule has 1 rings (SSSR count). The van der Waals surface area contributed by atoms with E-state index in [-0.39, 0.29) is 0 Å². The Hall–Kier alpha value is -0.980. The Labute approximate surface area is 89.7 Å². The van der Waals surface area contributed by atoms with Gasteiger partial charge in [-0.3, -0.25) is 0 Å². The Bertz CT molecular complexity index is 393. The molecular formula is C9H6BrClN2. The number of hydrogen-bond donors (Lipinski definition) is 1. The first-order chi connectivity index (χ1) is 6.15. The van der Waals surface area contributed by atoms with Crippen molar-refractivity contribution in [3.05, 3.63) is 39.3 Å². The Kier molecular flexibility index (Phi) is 3.35. The highest BCUT2D eigenvalue weighted by atomic mass is 79.9. The van der Waals surface area contributed by atoms with Crippen LogP contribution in [0.1, 0.15) is 5.56 Å². The molecule has 0 amide bonds. The van der Waals surface area contributed by atoms with Crippen molar-refractivity contribution in [1.29, 1.82) is 5.26 Å². The molecule has 0 atom stereocenters. The Balaban J connectivity index is 3.18. The lowest BCUT2D eigenvalue weighted by molar-refractivity contribution is 1.47. The summed E-state index contributed by atoms with van der Waals surface area (Å²) in [4.78, 5) is 0. The topological polar surface area (TPSA) is 49.8 Å². The van der Waals surface area contributed by atoms with Crippen molar-refractivity contribution in [3.63, 3.8) is 0 Å². The van der Waals surface area contributed by atoms with Gasteiger partial charge in [-0.15, -0.1) is 0 Å². The van der Waals surface area contributed by atoms with Gasteiger partial charge < -0.3 is 5.73 Å². The predicted octanol–water partition coefficient (Wildman–Crippen LogP) is 2.93. The number of halogens is 2. The van der Waals surface area contributed by atoms with E-state index in [0.717, 1.165) is 10.0 Å². The van der Waals surface area contributed by atoms with Gasteiger partial charge in [-0.1, -0.05) is 33.6 Å². The molecule has 2 nitrogen and oxygen atoms in total. The number of nitrogens with two attached hydrogens (primary N) is 1. The highest BCUT2D eigenvalue weighted by Gasteiger charge is 2.02. The molecule has 0 unspecified atom stereocenters. The summed E-state index contributed by atoms with van der Waals surface area (Å²) < 4.78 is 0.781. The number of rotatable bonds is 1. The van der Waals surface area contributed by atoms with Gasteiger partial charge in [-0.2, -0.15) is 5.26 Å². The lowest BCUT2D eigenvalue weighted by Crippen LogP contribution is -1.96. The van der Waals surface area contributed by atoms with Crippen molar-refractivity contribution in [3.8, 4) is 6.07 Å². The number of benzene rings is 1. The van der Waals surface area contributed by atoms with Crippen molar-refractivity contribution in [2.24, 2.45) is 5.73 Å². The third-order valence-electron chi connectivity index (χ3n) is 1.46. The number of allylic oxidation sites excluding steroid dienone is 1. The first-order valence-electron chi connectivity index (χ1n) is 3.46. The van der Waals surface area contributed by atoms with E-state index in [1.165, 1.54) is 6.08 Å². The van der Waals surface area contributed by atoms with Gasteiger partial charge in [-0.05, 0) is 12.1 Å². The highest BCUT2D eigenvalue weighted by molar-refractivity contribution is 9.10. The summed E-state index contributed by atoms with van der Waals surface area (Å²) in [5.74, 6) is 0. The summed E-state index contributed by atoms with van der Waals surface area (Å²) in [5, 5.41) is 9.02. The Morgan fingerprint density at radius 1 is 1.62 bits per heavy atom. The number of hydrogen-bond acceptors (Lipinski definition) is 2. The molecule has 0 aliphatic rings. The fourth-order valence-electron chi connectivity index (χ4n) is 0.871. The molecule has 0 heterocycles. The normalized spacial score (nSPS) is 11.0. The van der Waals surface area contributed by atoms with Crippen LogP contribution in [0.2, 0.25) is 5.02 Å². The van der Waals surface area contributed by atoms with Gasteiger partial charge in [0.15, 0.2) is 0 Å². The van der Waals surface area contributed by atoms with Crippen LogP contribution in [-0.2, 0) is 0 Å². The van der Waals surface area contributed by atoms with E-state index in [1.807, 2.05) is 6.07 Å². The van der Waals surface area contributed by atoms with Crippen molar-refractivity contribution in [1.82, 2.24) is 0 Å². The van der Waals surface area contributed by atoms with E-state index < -0.39 is 0 Å². The monoisotopic (exact) mass is 256 g/mol. The van der Waals surface area contributed by atoms with Crippen molar-refractivity contribution < 1.29 is 0 Å². The van der Waals surface area contributed by atoms with E-state index in [1.54, 1.807) is 18.2 Å². The van der Waals surface area contributed by atoms with Crippen LogP contribution in [0.15, 0.2) is 28.7 Å². The molecule has 1 aromatic carbocycles. The average Bonchev–Trinajstić information content (AvgIpc) is 2.04. The van der Waals surface area contributed by atoms with E-state index in [9.17, 15) is 0 Å². The zero-order valence-electron chi connectivity index (χ0n) is 6.59. The van der Waals surface area contributed by atoms with Gasteiger partial charge in [0, 0.05) is 21.1 Å². The van der Waals surface area contributed by atoms with Gasteiger partial charge >= 0.3 is 0 Å². The van der Waals surface area contributed by atoms with E-state index in [0.29, 0.717) is 10.7 Å². The maximum Gasteiger partial charge on any atom is 0.0933 e. The molecule has 1 aromatic rings. The van der Waals surface area contributed by atoms with E-state index in [2.05, 4.69) is 15.9 Å². The molecule has 0 radical (unpaired) electrons. The maximum absolute atomic E-state index is 8.40. The van der Waals surface area contributed by atoms with Crippen molar-refractivity contribution in [2.45, 2.75) is 0 Å². The van der Waals surface area contributed by atoms with Crippen LogP contribution in [0.3, 0.4) is 0 Å². The molecule has 0 saturated heterocycles. The first kappa shape index (κ1) is 10.1. The summed E-state index contributed by atoms with van der Waals surface area (Å²) in [6.45, 7) is 0. The minimum Gasteiger partial charge on any atom is -0.398 e. The second-order valence-corrected chi connectivity index (χ2v) is 3.64. The SMILES string of the molecule is N#C/C=C(/N)c1ccc(Cl)cc1Br. The zero-order chi connectivity index (χ0) is 9.84. The molecule has 2 N–H and O–H groups in total. The highest BCUT2D eigenvalue weighted by Crippen LogP contribution is 2.24. The van der Waals surface area contributed by atoms with E-state index in [4.69, 9.17) is 22.6 Å². The second-order valence-electron chi connectivity index (χ2n) is 2.35. The molecule has 0 aromatic heterocycles. The van der Waals surface area contributed by atoms with Crippen molar-refractivity contribution in [2.75, 3.05) is 0 Å². The average molecular weight is 258 g/mol. The minimum absolute atomic E-state index is 0.422. The van der Waals surface area contributed by atoms with Gasteiger partial charge in [-0.25, -0.2) is 0 Å². The van der Waals surface area contributed by atoms with Gasteiger partial charge in [0.25, 0.3) is 0 Å². The maximum atomic E-state index is 8.40. The second kappa shape index (κ2) is 4.31. The molecule has 0 saturated carbocycles. The molecule has 0 bridgehead atoms. The third-order valence-corrected chi connectivity index (χ3v) is 2.35. The van der Waals surface area contributed by atoms with E-state index >= 15 is 0 Å². The first-order valence-corrected chi connectivity index (χ1v) is 4.63. The van der Waals surface area contributed by atoms with Gasteiger partial charge in [0.2, 0.25) is 0 Å². The van der Waals surface area contributed by atoms with Crippen molar-refractivity contribution >= 4 is 33.2 Å². The summed E-state index contributed by atoms with van der Waals surface area (Å²) in [5.41, 5.74) is 6.81. The molecule has 4 heteroatoms. The van der Waals surface area contributed by atoms with Crippen LogP contribution in [0.5, 0.6) is 0 Å². The predicted molar refractivity (Wildman–Crippen MR) is 56.9 cm³/mol.